The Hall–Kier alpha value is -4.43. The first kappa shape index (κ1) is 29.6. The van der Waals surface area contributed by atoms with Crippen molar-refractivity contribution in [2.24, 2.45) is 17.8 Å². The molecule has 0 radical (unpaired) electrons. The van der Waals surface area contributed by atoms with E-state index >= 15 is 0 Å². The second-order valence-corrected chi connectivity index (χ2v) is 12.5. The number of phenols is 2. The zero-order valence-corrected chi connectivity index (χ0v) is 25.3. The van der Waals surface area contributed by atoms with E-state index in [9.17, 15) is 24.6 Å². The molecule has 228 valence electrons. The summed E-state index contributed by atoms with van der Waals surface area (Å²) in [4.78, 5) is 41.4. The maximum atomic E-state index is 14.4. The Morgan fingerprint density at radius 1 is 1.05 bits per heavy atom. The Morgan fingerprint density at radius 2 is 1.77 bits per heavy atom. The van der Waals surface area contributed by atoms with E-state index in [-0.39, 0.29) is 54.5 Å². The minimum absolute atomic E-state index is 0.0392. The minimum atomic E-state index is -1.54. The second-order valence-electron chi connectivity index (χ2n) is 12.5. The Morgan fingerprint density at radius 3 is 2.48 bits per heavy atom. The number of hydrogen-bond donors (Lipinski definition) is 2. The molecule has 8 nitrogen and oxygen atoms in total. The van der Waals surface area contributed by atoms with E-state index in [1.165, 1.54) is 6.08 Å². The van der Waals surface area contributed by atoms with Crippen molar-refractivity contribution in [1.82, 2.24) is 0 Å². The van der Waals surface area contributed by atoms with Gasteiger partial charge in [-0.05, 0) is 45.8 Å². The summed E-state index contributed by atoms with van der Waals surface area (Å²) in [5, 5.41) is 21.8. The van der Waals surface area contributed by atoms with E-state index in [1.807, 2.05) is 70.2 Å². The summed E-state index contributed by atoms with van der Waals surface area (Å²) in [6, 6.07) is 10.5. The highest BCUT2D eigenvalue weighted by Crippen LogP contribution is 2.65. The van der Waals surface area contributed by atoms with Crippen LogP contribution in [-0.4, -0.2) is 52.2 Å². The minimum Gasteiger partial charge on any atom is -0.507 e. The zero-order chi connectivity index (χ0) is 31.4. The highest BCUT2D eigenvalue weighted by atomic mass is 16.6. The van der Waals surface area contributed by atoms with E-state index in [0.717, 1.165) is 22.8 Å². The molecule has 2 aromatic rings. The van der Waals surface area contributed by atoms with Crippen molar-refractivity contribution in [2.75, 3.05) is 13.2 Å². The molecule has 44 heavy (non-hydrogen) atoms. The molecule has 1 saturated carbocycles. The van der Waals surface area contributed by atoms with Crippen LogP contribution in [0.15, 0.2) is 77.4 Å². The molecule has 1 unspecified atom stereocenters. The van der Waals surface area contributed by atoms with E-state index in [4.69, 9.17) is 14.2 Å². The van der Waals surface area contributed by atoms with Crippen LogP contribution in [0.4, 0.5) is 0 Å². The number of aromatic hydroxyl groups is 2. The second kappa shape index (κ2) is 10.9. The summed E-state index contributed by atoms with van der Waals surface area (Å²) in [6.07, 6.45) is 8.86. The molecule has 4 bridgehead atoms. The van der Waals surface area contributed by atoms with Gasteiger partial charge < -0.3 is 24.4 Å². The van der Waals surface area contributed by atoms with E-state index < -0.39 is 46.5 Å². The summed E-state index contributed by atoms with van der Waals surface area (Å²) in [7, 11) is 0. The Kier molecular flexibility index (Phi) is 7.36. The number of esters is 1. The molecule has 2 heterocycles. The van der Waals surface area contributed by atoms with Crippen molar-refractivity contribution in [3.8, 4) is 17.2 Å². The molecule has 2 fully saturated rings. The fourth-order valence-corrected chi connectivity index (χ4v) is 7.16. The van der Waals surface area contributed by atoms with Crippen molar-refractivity contribution in [3.05, 3.63) is 94.1 Å². The average molecular weight is 597 g/mol. The van der Waals surface area contributed by atoms with Crippen molar-refractivity contribution in [1.29, 1.82) is 0 Å². The fraction of sp³-hybridized carbons (Fsp3) is 0.361. The van der Waals surface area contributed by atoms with Gasteiger partial charge in [0, 0.05) is 47.5 Å². The topological polar surface area (TPSA) is 119 Å². The first-order chi connectivity index (χ1) is 21.0. The lowest BCUT2D eigenvalue weighted by molar-refractivity contribution is -0.174. The average Bonchev–Trinajstić information content (AvgIpc) is 3.26. The molecule has 0 amide bonds. The molecule has 1 saturated heterocycles. The van der Waals surface area contributed by atoms with E-state index in [1.54, 1.807) is 12.2 Å². The Labute approximate surface area is 256 Å². The predicted molar refractivity (Wildman–Crippen MR) is 163 cm³/mol. The number of carbonyl (C=O) groups is 3. The SMILES string of the molecule is CC(C)=CCc1c(O)cc(O)c2c1O[C@@]13C(=C[C@H]4C(=O)C1(CC=C(C)C)OC[C@@H]3[C@H]4COC(=O)/C=C/c1ccccc1)C2=O. The summed E-state index contributed by atoms with van der Waals surface area (Å²) in [6.45, 7) is 7.70. The van der Waals surface area contributed by atoms with Gasteiger partial charge >= 0.3 is 5.97 Å². The third-order valence-corrected chi connectivity index (χ3v) is 9.27. The van der Waals surface area contributed by atoms with Gasteiger partial charge in [-0.25, -0.2) is 4.79 Å². The number of Topliss-reactive ketones (excluding diaryl/α,β-unsaturated/α-hetero) is 2. The highest BCUT2D eigenvalue weighted by molar-refractivity contribution is 6.18. The molecule has 1 spiro atoms. The van der Waals surface area contributed by atoms with Gasteiger partial charge in [0.25, 0.3) is 0 Å². The Balaban J connectivity index is 1.43. The molecule has 5 atom stereocenters. The molecule has 5 aliphatic rings. The van der Waals surface area contributed by atoms with Crippen LogP contribution in [0.25, 0.3) is 6.08 Å². The lowest BCUT2D eigenvalue weighted by atomic mass is 9.49. The number of hydrogen-bond acceptors (Lipinski definition) is 8. The molecule has 7 rings (SSSR count). The third kappa shape index (κ3) is 4.42. The highest BCUT2D eigenvalue weighted by Gasteiger charge is 2.79. The molecule has 2 aliphatic heterocycles. The van der Waals surface area contributed by atoms with Crippen molar-refractivity contribution >= 4 is 23.6 Å². The van der Waals surface area contributed by atoms with Crippen LogP contribution in [0.1, 0.15) is 55.6 Å². The maximum Gasteiger partial charge on any atom is 0.330 e. The number of phenolic OH excluding ortho intramolecular Hbond substituents is 2. The lowest BCUT2D eigenvalue weighted by Crippen LogP contribution is -2.74. The van der Waals surface area contributed by atoms with E-state index in [0.29, 0.717) is 5.56 Å². The number of benzene rings is 2. The Bertz CT molecular complexity index is 1670. The summed E-state index contributed by atoms with van der Waals surface area (Å²) < 4.78 is 19.0. The number of fused-ring (bicyclic) bond motifs is 1. The fourth-order valence-electron chi connectivity index (χ4n) is 7.16. The van der Waals surface area contributed by atoms with Gasteiger partial charge in [0.1, 0.15) is 22.8 Å². The monoisotopic (exact) mass is 596 g/mol. The number of allylic oxidation sites excluding steroid dienone is 4. The van der Waals surface area contributed by atoms with Gasteiger partial charge in [0.2, 0.25) is 0 Å². The number of carbonyl (C=O) groups excluding carboxylic acids is 3. The van der Waals surface area contributed by atoms with Gasteiger partial charge in [-0.1, -0.05) is 59.7 Å². The summed E-state index contributed by atoms with van der Waals surface area (Å²) >= 11 is 0. The predicted octanol–water partition coefficient (Wildman–Crippen LogP) is 5.67. The molecular formula is C36H36O8. The zero-order valence-electron chi connectivity index (χ0n) is 25.3. The van der Waals surface area contributed by atoms with Gasteiger partial charge in [-0.2, -0.15) is 0 Å². The third-order valence-electron chi connectivity index (χ3n) is 9.27. The van der Waals surface area contributed by atoms with Crippen LogP contribution in [-0.2, 0) is 25.5 Å². The molecular weight excluding hydrogens is 560 g/mol. The number of ether oxygens (including phenoxy) is 3. The van der Waals surface area contributed by atoms with Crippen LogP contribution in [0.5, 0.6) is 17.2 Å². The largest absolute Gasteiger partial charge is 0.507 e. The number of rotatable bonds is 8. The summed E-state index contributed by atoms with van der Waals surface area (Å²) in [5.41, 5.74) is 0.340. The molecule has 3 aliphatic carbocycles. The first-order valence-electron chi connectivity index (χ1n) is 14.9. The quantitative estimate of drug-likeness (QED) is 0.227. The van der Waals surface area contributed by atoms with Crippen LogP contribution in [0, 0.1) is 17.8 Å². The first-order valence-corrected chi connectivity index (χ1v) is 14.9. The van der Waals surface area contributed by atoms with Gasteiger partial charge in [0.05, 0.1) is 13.2 Å². The van der Waals surface area contributed by atoms with Crippen molar-refractivity contribution in [2.45, 2.75) is 51.7 Å². The maximum absolute atomic E-state index is 14.4. The standard InChI is InChI=1S/C36H36O8/c1-20(2)10-12-23-28(37)17-29(38)31-32(40)26-16-24-25(18-42-30(39)13-11-22-8-6-5-7-9-22)27-19-43-35(34(24)41,15-14-21(3)4)36(26,27)44-33(23)31/h5-11,13-14,16-17,24-25,27,37-38H,12,15,18-19H2,1-4H3/b13-11+/t24-,25+,27-,35?,36-/m1/s1. The summed E-state index contributed by atoms with van der Waals surface area (Å²) in [5.74, 6) is -3.59. The van der Waals surface area contributed by atoms with Crippen LogP contribution in [0.2, 0.25) is 0 Å². The van der Waals surface area contributed by atoms with Gasteiger partial charge in [0.15, 0.2) is 22.8 Å². The van der Waals surface area contributed by atoms with Crippen LogP contribution < -0.4 is 4.74 Å². The molecule has 2 N–H and O–H groups in total. The van der Waals surface area contributed by atoms with Crippen molar-refractivity contribution < 1.29 is 38.8 Å². The number of ketones is 2. The molecule has 2 aromatic carbocycles. The smallest absolute Gasteiger partial charge is 0.330 e. The lowest BCUT2D eigenvalue weighted by Gasteiger charge is -2.58. The van der Waals surface area contributed by atoms with Crippen LogP contribution in [0.3, 0.4) is 0 Å². The van der Waals surface area contributed by atoms with Gasteiger partial charge in [-0.3, -0.25) is 9.59 Å². The molecule has 8 heteroatoms. The van der Waals surface area contributed by atoms with E-state index in [2.05, 4.69) is 0 Å². The van der Waals surface area contributed by atoms with Gasteiger partial charge in [-0.15, -0.1) is 0 Å². The molecule has 0 aromatic heterocycles. The van der Waals surface area contributed by atoms with Crippen LogP contribution >= 0.6 is 0 Å². The van der Waals surface area contributed by atoms with Crippen molar-refractivity contribution in [3.63, 3.8) is 0 Å². The normalized spacial score (nSPS) is 27.7.